The van der Waals surface area contributed by atoms with Crippen molar-refractivity contribution in [2.75, 3.05) is 11.4 Å². The smallest absolute Gasteiger partial charge is 0.262 e. The van der Waals surface area contributed by atoms with E-state index in [1.54, 1.807) is 21.8 Å². The molecule has 1 fully saturated rings. The summed E-state index contributed by atoms with van der Waals surface area (Å²) in [6.45, 7) is 0.619. The summed E-state index contributed by atoms with van der Waals surface area (Å²) in [6.07, 6.45) is 3.21. The number of para-hydroxylation sites is 1. The number of aryl methyl sites for hydroxylation is 1. The van der Waals surface area contributed by atoms with Gasteiger partial charge in [0.2, 0.25) is 0 Å². The number of fused-ring (bicyclic) bond motifs is 1. The second kappa shape index (κ2) is 6.23. The molecule has 130 valence electrons. The van der Waals surface area contributed by atoms with Crippen molar-refractivity contribution >= 4 is 17.6 Å². The van der Waals surface area contributed by atoms with Crippen molar-refractivity contribution in [3.8, 4) is 5.75 Å². The molecule has 7 nitrogen and oxygen atoms in total. The molecule has 2 aliphatic heterocycles. The van der Waals surface area contributed by atoms with Gasteiger partial charge in [-0.1, -0.05) is 18.2 Å². The molecule has 0 aliphatic carbocycles. The van der Waals surface area contributed by atoms with Crippen LogP contribution in [0.5, 0.6) is 5.75 Å². The zero-order valence-corrected chi connectivity index (χ0v) is 14.0. The van der Waals surface area contributed by atoms with Crippen LogP contribution in [0.3, 0.4) is 0 Å². The third-order valence-corrected chi connectivity index (χ3v) is 4.67. The average Bonchev–Trinajstić information content (AvgIpc) is 3.23. The Morgan fingerprint density at radius 1 is 1.32 bits per heavy atom. The van der Waals surface area contributed by atoms with Gasteiger partial charge in [0.05, 0.1) is 0 Å². The Morgan fingerprint density at radius 3 is 2.92 bits per heavy atom. The van der Waals surface area contributed by atoms with Crippen LogP contribution in [0.15, 0.2) is 36.5 Å². The fourth-order valence-electron chi connectivity index (χ4n) is 3.38. The number of nitrogens with zero attached hydrogens (tertiary/aromatic N) is 3. The fourth-order valence-corrected chi connectivity index (χ4v) is 3.38. The zero-order valence-electron chi connectivity index (χ0n) is 14.0. The number of piperidine rings is 1. The maximum Gasteiger partial charge on any atom is 0.262 e. The van der Waals surface area contributed by atoms with Gasteiger partial charge in [-0.2, -0.15) is 5.10 Å². The quantitative estimate of drug-likeness (QED) is 0.906. The van der Waals surface area contributed by atoms with Crippen molar-refractivity contribution in [2.45, 2.75) is 31.4 Å². The minimum absolute atomic E-state index is 0.117. The Bertz CT molecular complexity index is 791. The Labute approximate surface area is 145 Å². The lowest BCUT2D eigenvalue weighted by atomic mass is 10.0. The van der Waals surface area contributed by atoms with E-state index < -0.39 is 12.1 Å². The second-order valence-corrected chi connectivity index (χ2v) is 6.46. The molecular weight excluding hydrogens is 320 g/mol. The first-order valence-electron chi connectivity index (χ1n) is 8.48. The molecule has 1 aromatic heterocycles. The van der Waals surface area contributed by atoms with E-state index in [0.717, 1.165) is 17.7 Å². The second-order valence-electron chi connectivity index (χ2n) is 6.46. The van der Waals surface area contributed by atoms with Gasteiger partial charge in [-0.15, -0.1) is 0 Å². The van der Waals surface area contributed by atoms with Crippen LogP contribution >= 0.6 is 0 Å². The SMILES string of the molecule is Cn1ccc(N2CCC[C@H](NC(=O)[C@H]3Cc4ccccc4O3)C2=O)n1. The lowest BCUT2D eigenvalue weighted by Gasteiger charge is -2.31. The van der Waals surface area contributed by atoms with Gasteiger partial charge in [-0.3, -0.25) is 19.2 Å². The molecule has 7 heteroatoms. The van der Waals surface area contributed by atoms with Crippen LogP contribution in [0.25, 0.3) is 0 Å². The predicted octanol–water partition coefficient (Wildman–Crippen LogP) is 1.04. The van der Waals surface area contributed by atoms with Gasteiger partial charge in [0.1, 0.15) is 11.8 Å². The Hall–Kier alpha value is -2.83. The molecule has 2 amide bonds. The third kappa shape index (κ3) is 2.97. The van der Waals surface area contributed by atoms with Gasteiger partial charge in [0, 0.05) is 32.3 Å². The van der Waals surface area contributed by atoms with Crippen molar-refractivity contribution in [3.63, 3.8) is 0 Å². The van der Waals surface area contributed by atoms with Crippen molar-refractivity contribution < 1.29 is 14.3 Å². The number of hydrogen-bond acceptors (Lipinski definition) is 4. The zero-order chi connectivity index (χ0) is 17.4. The highest BCUT2D eigenvalue weighted by molar-refractivity contribution is 5.99. The van der Waals surface area contributed by atoms with Crippen LogP contribution in [0, 0.1) is 0 Å². The molecule has 1 N–H and O–H groups in total. The van der Waals surface area contributed by atoms with Gasteiger partial charge >= 0.3 is 0 Å². The number of carbonyl (C=O) groups is 2. The van der Waals surface area contributed by atoms with Crippen molar-refractivity contribution in [3.05, 3.63) is 42.1 Å². The summed E-state index contributed by atoms with van der Waals surface area (Å²) in [5.41, 5.74) is 1.02. The number of anilines is 1. The molecule has 2 aliphatic rings. The molecule has 2 atom stereocenters. The summed E-state index contributed by atoms with van der Waals surface area (Å²) in [5, 5.41) is 7.15. The predicted molar refractivity (Wildman–Crippen MR) is 91.3 cm³/mol. The van der Waals surface area contributed by atoms with Crippen molar-refractivity contribution in [2.24, 2.45) is 7.05 Å². The van der Waals surface area contributed by atoms with Crippen LogP contribution < -0.4 is 15.0 Å². The molecule has 0 spiro atoms. The van der Waals surface area contributed by atoms with E-state index in [4.69, 9.17) is 4.74 Å². The maximum absolute atomic E-state index is 12.7. The average molecular weight is 340 g/mol. The number of ether oxygens (including phenoxy) is 1. The normalized spacial score (nSPS) is 22.4. The van der Waals surface area contributed by atoms with Gasteiger partial charge in [0.15, 0.2) is 11.9 Å². The molecule has 0 unspecified atom stereocenters. The van der Waals surface area contributed by atoms with Gasteiger partial charge in [-0.05, 0) is 24.5 Å². The minimum Gasteiger partial charge on any atom is -0.480 e. The highest BCUT2D eigenvalue weighted by Gasteiger charge is 2.35. The minimum atomic E-state index is -0.574. The summed E-state index contributed by atoms with van der Waals surface area (Å²) in [7, 11) is 1.81. The van der Waals surface area contributed by atoms with E-state index in [1.807, 2.05) is 31.3 Å². The standard InChI is InChI=1S/C18H20N4O3/c1-21-10-8-16(20-21)22-9-4-6-13(18(22)24)19-17(23)15-11-12-5-2-3-7-14(12)25-15/h2-3,5,7-8,10,13,15H,4,6,9,11H2,1H3,(H,19,23)/t13-,15+/m0/s1. The van der Waals surface area contributed by atoms with Gasteiger partial charge in [-0.25, -0.2) is 0 Å². The molecule has 1 saturated heterocycles. The Morgan fingerprint density at radius 2 is 2.16 bits per heavy atom. The lowest BCUT2D eigenvalue weighted by Crippen LogP contribution is -2.54. The first kappa shape index (κ1) is 15.7. The molecular formula is C18H20N4O3. The molecule has 1 aromatic carbocycles. The number of aromatic nitrogens is 2. The van der Waals surface area contributed by atoms with E-state index >= 15 is 0 Å². The molecule has 0 bridgehead atoms. The number of amides is 2. The molecule has 3 heterocycles. The van der Waals surface area contributed by atoms with E-state index in [2.05, 4.69) is 10.4 Å². The van der Waals surface area contributed by atoms with E-state index in [1.165, 1.54) is 0 Å². The lowest BCUT2D eigenvalue weighted by molar-refractivity contribution is -0.132. The van der Waals surface area contributed by atoms with Crippen molar-refractivity contribution in [1.29, 1.82) is 0 Å². The molecule has 25 heavy (non-hydrogen) atoms. The number of rotatable bonds is 3. The van der Waals surface area contributed by atoms with E-state index in [0.29, 0.717) is 25.2 Å². The van der Waals surface area contributed by atoms with Crippen LogP contribution in [0.1, 0.15) is 18.4 Å². The summed E-state index contributed by atoms with van der Waals surface area (Å²) in [4.78, 5) is 26.9. The Kier molecular flexibility index (Phi) is 3.91. The Balaban J connectivity index is 1.42. The van der Waals surface area contributed by atoms with Gasteiger partial charge < -0.3 is 10.1 Å². The monoisotopic (exact) mass is 340 g/mol. The number of hydrogen-bond donors (Lipinski definition) is 1. The summed E-state index contributed by atoms with van der Waals surface area (Å²) in [6, 6.07) is 8.90. The molecule has 0 radical (unpaired) electrons. The molecule has 0 saturated carbocycles. The first-order valence-corrected chi connectivity index (χ1v) is 8.48. The third-order valence-electron chi connectivity index (χ3n) is 4.67. The van der Waals surface area contributed by atoms with E-state index in [9.17, 15) is 9.59 Å². The fraction of sp³-hybridized carbons (Fsp3) is 0.389. The molecule has 2 aromatic rings. The number of nitrogens with one attached hydrogen (secondary N) is 1. The van der Waals surface area contributed by atoms with Crippen LogP contribution in [0.4, 0.5) is 5.82 Å². The van der Waals surface area contributed by atoms with Crippen molar-refractivity contribution in [1.82, 2.24) is 15.1 Å². The van der Waals surface area contributed by atoms with Crippen LogP contribution in [-0.4, -0.2) is 40.3 Å². The number of carbonyl (C=O) groups excluding carboxylic acids is 2. The highest BCUT2D eigenvalue weighted by atomic mass is 16.5. The topological polar surface area (TPSA) is 76.5 Å². The number of benzene rings is 1. The van der Waals surface area contributed by atoms with E-state index in [-0.39, 0.29) is 11.8 Å². The summed E-state index contributed by atoms with van der Waals surface area (Å²) >= 11 is 0. The largest absolute Gasteiger partial charge is 0.480 e. The van der Waals surface area contributed by atoms with Gasteiger partial charge in [0.25, 0.3) is 11.8 Å². The highest BCUT2D eigenvalue weighted by Crippen LogP contribution is 2.28. The maximum atomic E-state index is 12.7. The summed E-state index contributed by atoms with van der Waals surface area (Å²) in [5.74, 6) is 1.01. The van der Waals surface area contributed by atoms with Crippen LogP contribution in [-0.2, 0) is 23.1 Å². The molecule has 4 rings (SSSR count). The first-order chi connectivity index (χ1) is 12.1. The van der Waals surface area contributed by atoms with Crippen LogP contribution in [0.2, 0.25) is 0 Å². The summed E-state index contributed by atoms with van der Waals surface area (Å²) < 4.78 is 7.37.